The maximum Gasteiger partial charge on any atom is 0.390 e. The number of thiophene rings is 1. The van der Waals surface area contributed by atoms with Gasteiger partial charge in [0.05, 0.1) is 13.0 Å². The highest BCUT2D eigenvalue weighted by Crippen LogP contribution is 2.21. The van der Waals surface area contributed by atoms with Crippen molar-refractivity contribution < 1.29 is 21.6 Å². The molecule has 0 aliphatic carbocycles. The van der Waals surface area contributed by atoms with Crippen LogP contribution in [-0.4, -0.2) is 33.6 Å². The molecular formula is C11H17F3N4O2S2. The highest BCUT2D eigenvalue weighted by molar-refractivity contribution is 7.91. The second-order valence-electron chi connectivity index (χ2n) is 4.25. The summed E-state index contributed by atoms with van der Waals surface area (Å²) in [5.74, 6) is 0.234. The molecule has 0 aromatic carbocycles. The number of sulfonamides is 1. The minimum Gasteiger partial charge on any atom is -0.357 e. The predicted octanol–water partition coefficient (Wildman–Crippen LogP) is 1.40. The number of rotatable bonds is 6. The quantitative estimate of drug-likeness (QED) is 0.529. The van der Waals surface area contributed by atoms with Gasteiger partial charge in [-0.25, -0.2) is 18.5 Å². The summed E-state index contributed by atoms with van der Waals surface area (Å²) in [7, 11) is -3.75. The van der Waals surface area contributed by atoms with E-state index in [9.17, 15) is 21.6 Å². The molecule has 0 fully saturated rings. The molecule has 11 heteroatoms. The van der Waals surface area contributed by atoms with E-state index in [2.05, 4.69) is 15.6 Å². The molecule has 0 spiro atoms. The Labute approximate surface area is 130 Å². The van der Waals surface area contributed by atoms with Crippen molar-refractivity contribution in [2.75, 3.05) is 13.1 Å². The Bertz CT molecular complexity index is 611. The Morgan fingerprint density at radius 1 is 1.36 bits per heavy atom. The van der Waals surface area contributed by atoms with Gasteiger partial charge in [-0.1, -0.05) is 0 Å². The average Bonchev–Trinajstić information content (AvgIpc) is 2.83. The third-order valence-corrected chi connectivity index (χ3v) is 4.86. The van der Waals surface area contributed by atoms with Crippen molar-refractivity contribution in [1.82, 2.24) is 10.6 Å². The van der Waals surface area contributed by atoms with Crippen LogP contribution in [0.1, 0.15) is 18.2 Å². The minimum atomic E-state index is -4.23. The maximum absolute atomic E-state index is 12.1. The molecule has 0 bridgehead atoms. The maximum atomic E-state index is 12.1. The molecule has 1 aromatic heterocycles. The molecule has 0 aliphatic rings. The predicted molar refractivity (Wildman–Crippen MR) is 79.2 cm³/mol. The lowest BCUT2D eigenvalue weighted by Gasteiger charge is -2.12. The fraction of sp³-hybridized carbons (Fsp3) is 0.545. The SMILES string of the molecule is CCNC(=NCc1ccc(S(N)(=O)=O)s1)NCCC(F)(F)F. The first-order chi connectivity index (χ1) is 10.1. The molecule has 4 N–H and O–H groups in total. The van der Waals surface area contributed by atoms with Gasteiger partial charge in [-0.3, -0.25) is 0 Å². The standard InChI is InChI=1S/C11H17F3N4O2S2/c1-2-16-10(17-6-5-11(12,13)14)18-7-8-3-4-9(21-8)22(15,19)20/h3-4H,2,5-7H2,1H3,(H2,15,19,20)(H2,16,17,18). The molecule has 0 aliphatic heterocycles. The van der Waals surface area contributed by atoms with Crippen LogP contribution in [0, 0.1) is 0 Å². The number of nitrogens with zero attached hydrogens (tertiary/aromatic N) is 1. The van der Waals surface area contributed by atoms with Crippen LogP contribution < -0.4 is 15.8 Å². The molecule has 0 radical (unpaired) electrons. The molecule has 0 saturated heterocycles. The van der Waals surface area contributed by atoms with Crippen LogP contribution in [-0.2, 0) is 16.6 Å². The molecule has 1 heterocycles. The van der Waals surface area contributed by atoms with Gasteiger partial charge < -0.3 is 10.6 Å². The summed E-state index contributed by atoms with van der Waals surface area (Å²) >= 11 is 0.972. The largest absolute Gasteiger partial charge is 0.390 e. The Morgan fingerprint density at radius 2 is 2.05 bits per heavy atom. The first-order valence-electron chi connectivity index (χ1n) is 6.32. The highest BCUT2D eigenvalue weighted by atomic mass is 32.2. The Hall–Kier alpha value is -1.33. The van der Waals surface area contributed by atoms with E-state index in [0.717, 1.165) is 11.3 Å². The molecule has 0 amide bonds. The topological polar surface area (TPSA) is 96.6 Å². The first-order valence-corrected chi connectivity index (χ1v) is 8.68. The Kier molecular flexibility index (Phi) is 6.63. The summed E-state index contributed by atoms with van der Waals surface area (Å²) in [5.41, 5.74) is 0. The van der Waals surface area contributed by atoms with Crippen molar-refractivity contribution in [3.8, 4) is 0 Å². The zero-order chi connectivity index (χ0) is 16.8. The molecule has 0 atom stereocenters. The third kappa shape index (κ3) is 7.09. The van der Waals surface area contributed by atoms with Gasteiger partial charge in [-0.2, -0.15) is 13.2 Å². The molecule has 126 valence electrons. The molecule has 0 unspecified atom stereocenters. The van der Waals surface area contributed by atoms with Crippen LogP contribution in [0.5, 0.6) is 0 Å². The molecule has 6 nitrogen and oxygen atoms in total. The molecule has 22 heavy (non-hydrogen) atoms. The first kappa shape index (κ1) is 18.7. The van der Waals surface area contributed by atoms with E-state index in [-0.39, 0.29) is 23.3 Å². The van der Waals surface area contributed by atoms with Crippen molar-refractivity contribution in [3.63, 3.8) is 0 Å². The smallest absolute Gasteiger partial charge is 0.357 e. The van der Waals surface area contributed by atoms with Gasteiger partial charge in [0.2, 0.25) is 10.0 Å². The second-order valence-corrected chi connectivity index (χ2v) is 7.21. The van der Waals surface area contributed by atoms with Gasteiger partial charge in [-0.05, 0) is 19.1 Å². The number of hydrogen-bond donors (Lipinski definition) is 3. The van der Waals surface area contributed by atoms with E-state index in [0.29, 0.717) is 11.4 Å². The summed E-state index contributed by atoms with van der Waals surface area (Å²) < 4.78 is 58.6. The van der Waals surface area contributed by atoms with Crippen molar-refractivity contribution in [2.45, 2.75) is 30.3 Å². The van der Waals surface area contributed by atoms with Crippen LogP contribution in [0.3, 0.4) is 0 Å². The van der Waals surface area contributed by atoms with Gasteiger partial charge in [0.1, 0.15) is 4.21 Å². The molecule has 0 saturated carbocycles. The zero-order valence-corrected chi connectivity index (χ0v) is 13.4. The number of aliphatic imine (C=N–C) groups is 1. The van der Waals surface area contributed by atoms with Crippen LogP contribution in [0.25, 0.3) is 0 Å². The van der Waals surface area contributed by atoms with Gasteiger partial charge in [0.15, 0.2) is 5.96 Å². The van der Waals surface area contributed by atoms with Crippen molar-refractivity contribution >= 4 is 27.3 Å². The number of halogens is 3. The molecule has 1 rings (SSSR count). The van der Waals surface area contributed by atoms with Gasteiger partial charge in [0.25, 0.3) is 0 Å². The highest BCUT2D eigenvalue weighted by Gasteiger charge is 2.26. The summed E-state index contributed by atoms with van der Waals surface area (Å²) in [6, 6.07) is 2.93. The van der Waals surface area contributed by atoms with E-state index in [4.69, 9.17) is 5.14 Å². The lowest BCUT2D eigenvalue weighted by Crippen LogP contribution is -2.38. The Morgan fingerprint density at radius 3 is 2.55 bits per heavy atom. The Balaban J connectivity index is 2.63. The average molecular weight is 358 g/mol. The van der Waals surface area contributed by atoms with Crippen molar-refractivity contribution in [2.24, 2.45) is 10.1 Å². The van der Waals surface area contributed by atoms with Crippen LogP contribution >= 0.6 is 11.3 Å². The van der Waals surface area contributed by atoms with Crippen molar-refractivity contribution in [3.05, 3.63) is 17.0 Å². The minimum absolute atomic E-state index is 0.0210. The fourth-order valence-corrected chi connectivity index (χ4v) is 3.12. The van der Waals surface area contributed by atoms with Gasteiger partial charge in [0, 0.05) is 18.0 Å². The molecular weight excluding hydrogens is 341 g/mol. The monoisotopic (exact) mass is 358 g/mol. The summed E-state index contributed by atoms with van der Waals surface area (Å²) in [4.78, 5) is 4.74. The summed E-state index contributed by atoms with van der Waals surface area (Å²) in [5, 5.41) is 10.4. The van der Waals surface area contributed by atoms with E-state index >= 15 is 0 Å². The second kappa shape index (κ2) is 7.79. The lowest BCUT2D eigenvalue weighted by molar-refractivity contribution is -0.132. The fourth-order valence-electron chi connectivity index (χ4n) is 1.42. The van der Waals surface area contributed by atoms with Crippen LogP contribution in [0.15, 0.2) is 21.3 Å². The number of nitrogens with one attached hydrogen (secondary N) is 2. The van der Waals surface area contributed by atoms with Crippen LogP contribution in [0.2, 0.25) is 0 Å². The molecule has 1 aromatic rings. The van der Waals surface area contributed by atoms with E-state index in [1.807, 2.05) is 0 Å². The summed E-state index contributed by atoms with van der Waals surface area (Å²) in [6.45, 7) is 2.12. The number of guanidine groups is 1. The third-order valence-electron chi connectivity index (χ3n) is 2.36. The number of hydrogen-bond acceptors (Lipinski definition) is 4. The van der Waals surface area contributed by atoms with E-state index in [1.54, 1.807) is 13.0 Å². The van der Waals surface area contributed by atoms with Crippen LogP contribution in [0.4, 0.5) is 13.2 Å². The van der Waals surface area contributed by atoms with Crippen molar-refractivity contribution in [1.29, 1.82) is 0 Å². The normalized spacial score (nSPS) is 13.2. The van der Waals surface area contributed by atoms with Gasteiger partial charge in [-0.15, -0.1) is 11.3 Å². The van der Waals surface area contributed by atoms with E-state index in [1.165, 1.54) is 6.07 Å². The lowest BCUT2D eigenvalue weighted by atomic mass is 10.4. The number of primary sulfonamides is 1. The summed E-state index contributed by atoms with van der Waals surface area (Å²) in [6.07, 6.45) is -5.20. The number of nitrogens with two attached hydrogens (primary N) is 1. The van der Waals surface area contributed by atoms with E-state index < -0.39 is 22.6 Å². The number of alkyl halides is 3. The zero-order valence-electron chi connectivity index (χ0n) is 11.8. The van der Waals surface area contributed by atoms with Gasteiger partial charge >= 0.3 is 6.18 Å².